The van der Waals surface area contributed by atoms with Gasteiger partial charge in [-0.15, -0.1) is 5.10 Å². The molecule has 0 saturated carbocycles. The Hall–Kier alpha value is -1.96. The minimum atomic E-state index is -1.58. The van der Waals surface area contributed by atoms with Crippen molar-refractivity contribution in [1.29, 1.82) is 0 Å². The van der Waals surface area contributed by atoms with Crippen LogP contribution in [-0.2, 0) is 22.3 Å². The lowest BCUT2D eigenvalue weighted by Gasteiger charge is -2.40. The molecule has 292 valence electrons. The second-order valence-corrected chi connectivity index (χ2v) is 14.6. The Kier molecular flexibility index (Phi) is 22.1. The maximum absolute atomic E-state index is 11.3. The number of aliphatic hydroxyl groups is 6. The van der Waals surface area contributed by atoms with Crippen molar-refractivity contribution in [3.05, 3.63) is 47.8 Å². The first-order valence-corrected chi connectivity index (χ1v) is 20.1. The quantitative estimate of drug-likeness (QED) is 0.0584. The third-order valence-electron chi connectivity index (χ3n) is 10.3. The molecule has 0 amide bonds. The van der Waals surface area contributed by atoms with Crippen LogP contribution in [0.1, 0.15) is 146 Å². The fourth-order valence-corrected chi connectivity index (χ4v) is 6.93. The van der Waals surface area contributed by atoms with Crippen molar-refractivity contribution in [3.63, 3.8) is 0 Å². The Labute approximate surface area is 306 Å². The average molecular weight is 720 g/mol. The first-order valence-electron chi connectivity index (χ1n) is 20.1. The van der Waals surface area contributed by atoms with Gasteiger partial charge < -0.3 is 40.1 Å². The van der Waals surface area contributed by atoms with Gasteiger partial charge in [-0.05, 0) is 37.7 Å². The summed E-state index contributed by atoms with van der Waals surface area (Å²) >= 11 is 0. The van der Waals surface area contributed by atoms with Gasteiger partial charge in [-0.25, -0.2) is 4.68 Å². The molecule has 1 fully saturated rings. The number of aromatic nitrogens is 3. The molecule has 1 aromatic carbocycles. The second kappa shape index (κ2) is 25.9. The topological polar surface area (TPSA) is 171 Å². The van der Waals surface area contributed by atoms with E-state index < -0.39 is 55.6 Å². The van der Waals surface area contributed by atoms with Crippen LogP contribution in [0, 0.1) is 0 Å². The van der Waals surface area contributed by atoms with Crippen molar-refractivity contribution in [2.24, 2.45) is 0 Å². The van der Waals surface area contributed by atoms with Crippen molar-refractivity contribution < 1.29 is 40.1 Å². The zero-order valence-electron chi connectivity index (χ0n) is 31.2. The van der Waals surface area contributed by atoms with E-state index in [1.54, 1.807) is 6.20 Å². The third-order valence-corrected chi connectivity index (χ3v) is 10.3. The van der Waals surface area contributed by atoms with Gasteiger partial charge in [0.2, 0.25) is 0 Å². The Morgan fingerprint density at radius 2 is 1.29 bits per heavy atom. The number of aryl methyl sites for hydroxylation is 2. The summed E-state index contributed by atoms with van der Waals surface area (Å²) in [5.74, 6) is 0. The van der Waals surface area contributed by atoms with Crippen LogP contribution in [0.4, 0.5) is 0 Å². The monoisotopic (exact) mass is 720 g/mol. The molecular formula is C40H69N3O8. The molecule has 1 unspecified atom stereocenters. The first kappa shape index (κ1) is 43.4. The molecule has 2 heterocycles. The number of hydrogen-bond donors (Lipinski definition) is 6. The smallest absolute Gasteiger partial charge is 0.186 e. The summed E-state index contributed by atoms with van der Waals surface area (Å²) in [5, 5.41) is 71.4. The normalized spacial score (nSPS) is 22.6. The van der Waals surface area contributed by atoms with Crippen molar-refractivity contribution >= 4 is 0 Å². The molecule has 0 aliphatic carbocycles. The minimum absolute atomic E-state index is 0.217. The highest BCUT2D eigenvalue weighted by atomic mass is 16.7. The molecule has 51 heavy (non-hydrogen) atoms. The van der Waals surface area contributed by atoms with E-state index in [0.717, 1.165) is 57.1 Å². The summed E-state index contributed by atoms with van der Waals surface area (Å²) in [6.07, 6.45) is 15.9. The highest BCUT2D eigenvalue weighted by Crippen LogP contribution is 2.25. The zero-order chi connectivity index (χ0) is 36.7. The van der Waals surface area contributed by atoms with E-state index in [0.29, 0.717) is 6.42 Å². The maximum atomic E-state index is 11.3. The van der Waals surface area contributed by atoms with E-state index in [-0.39, 0.29) is 6.61 Å². The van der Waals surface area contributed by atoms with Gasteiger partial charge in [0.15, 0.2) is 6.29 Å². The second-order valence-electron chi connectivity index (χ2n) is 14.6. The largest absolute Gasteiger partial charge is 0.394 e. The van der Waals surface area contributed by atoms with E-state index >= 15 is 0 Å². The molecule has 8 atom stereocenters. The number of ether oxygens (including phenoxy) is 2. The Morgan fingerprint density at radius 1 is 0.725 bits per heavy atom. The van der Waals surface area contributed by atoms with Gasteiger partial charge in [-0.3, -0.25) is 0 Å². The predicted molar refractivity (Wildman–Crippen MR) is 198 cm³/mol. The molecule has 1 aliphatic rings. The summed E-state index contributed by atoms with van der Waals surface area (Å²) in [5.41, 5.74) is 2.17. The lowest BCUT2D eigenvalue weighted by molar-refractivity contribution is -0.304. The molecule has 3 rings (SSSR count). The lowest BCUT2D eigenvalue weighted by atomic mass is 9.98. The van der Waals surface area contributed by atoms with E-state index in [9.17, 15) is 30.6 Å². The lowest BCUT2D eigenvalue weighted by Crippen LogP contribution is -2.59. The first-order chi connectivity index (χ1) is 24.8. The van der Waals surface area contributed by atoms with Crippen LogP contribution in [0.3, 0.4) is 0 Å². The molecule has 11 heteroatoms. The standard InChI is InChI=1S/C40H69N3O8/c1-2-3-4-5-6-7-8-9-10-11-16-22-27-34(45)36(46)33(30-50-40-39(49)38(48)37(47)35(29-44)51-40)43-28-32(41-42-43)26-21-15-13-12-14-18-23-31-24-19-17-20-25-31/h17,19-20,24-25,28,33-40,44-49H,2-16,18,21-23,26-27,29-30H2,1H3/t33-,34+,35?,36-,37-,38-,39+,40-/m0/s1. The van der Waals surface area contributed by atoms with Crippen LogP contribution in [0.25, 0.3) is 0 Å². The van der Waals surface area contributed by atoms with Gasteiger partial charge in [0.1, 0.15) is 36.6 Å². The molecule has 0 bridgehead atoms. The summed E-state index contributed by atoms with van der Waals surface area (Å²) < 4.78 is 12.8. The van der Waals surface area contributed by atoms with Crippen LogP contribution in [-0.4, -0.2) is 102 Å². The number of nitrogens with zero attached hydrogens (tertiary/aromatic N) is 3. The molecule has 0 radical (unpaired) electrons. The van der Waals surface area contributed by atoms with Crippen molar-refractivity contribution in [2.75, 3.05) is 13.2 Å². The number of aliphatic hydroxyl groups excluding tert-OH is 6. The van der Waals surface area contributed by atoms with Gasteiger partial charge in [-0.2, -0.15) is 0 Å². The SMILES string of the molecule is CCCCCCCCCCCCCC[C@@H](O)[C@@H](O)[C@H](CO[C@H]1OC(CO)[C@H](O)[C@H](O)[C@H]1O)n1cc(CCCCCCCCc2ccccc2)nn1. The molecular weight excluding hydrogens is 650 g/mol. The van der Waals surface area contributed by atoms with E-state index in [1.807, 2.05) is 6.07 Å². The number of unbranched alkanes of at least 4 members (excludes halogenated alkanes) is 16. The molecule has 1 aliphatic heterocycles. The molecule has 1 aromatic heterocycles. The predicted octanol–water partition coefficient (Wildman–Crippen LogP) is 5.57. The molecule has 1 saturated heterocycles. The summed E-state index contributed by atoms with van der Waals surface area (Å²) in [6, 6.07) is 9.73. The van der Waals surface area contributed by atoms with Crippen LogP contribution < -0.4 is 0 Å². The molecule has 6 N–H and O–H groups in total. The summed E-state index contributed by atoms with van der Waals surface area (Å²) in [6.45, 7) is 1.45. The fraction of sp³-hybridized carbons (Fsp3) is 0.800. The van der Waals surface area contributed by atoms with E-state index in [1.165, 1.54) is 87.3 Å². The van der Waals surface area contributed by atoms with Crippen molar-refractivity contribution in [2.45, 2.75) is 191 Å². The number of rotatable bonds is 29. The summed E-state index contributed by atoms with van der Waals surface area (Å²) in [4.78, 5) is 0. The molecule has 11 nitrogen and oxygen atoms in total. The van der Waals surface area contributed by atoms with Crippen molar-refractivity contribution in [3.8, 4) is 0 Å². The van der Waals surface area contributed by atoms with Gasteiger partial charge in [0.05, 0.1) is 25.0 Å². The number of benzene rings is 1. The van der Waals surface area contributed by atoms with Crippen LogP contribution in [0.5, 0.6) is 0 Å². The van der Waals surface area contributed by atoms with Crippen LogP contribution in [0.15, 0.2) is 36.5 Å². The van der Waals surface area contributed by atoms with E-state index in [2.05, 4.69) is 41.5 Å². The van der Waals surface area contributed by atoms with Crippen LogP contribution >= 0.6 is 0 Å². The van der Waals surface area contributed by atoms with Crippen LogP contribution in [0.2, 0.25) is 0 Å². The van der Waals surface area contributed by atoms with Crippen molar-refractivity contribution in [1.82, 2.24) is 15.0 Å². The van der Waals surface area contributed by atoms with E-state index in [4.69, 9.17) is 9.47 Å². The zero-order valence-corrected chi connectivity index (χ0v) is 31.2. The van der Waals surface area contributed by atoms with Gasteiger partial charge in [0, 0.05) is 6.20 Å². The highest BCUT2D eigenvalue weighted by molar-refractivity contribution is 5.14. The molecule has 0 spiro atoms. The highest BCUT2D eigenvalue weighted by Gasteiger charge is 2.44. The maximum Gasteiger partial charge on any atom is 0.186 e. The molecule has 2 aromatic rings. The Bertz CT molecular complexity index is 1120. The summed E-state index contributed by atoms with van der Waals surface area (Å²) in [7, 11) is 0. The fourth-order valence-electron chi connectivity index (χ4n) is 6.93. The van der Waals surface area contributed by atoms with Gasteiger partial charge in [0.25, 0.3) is 0 Å². The minimum Gasteiger partial charge on any atom is -0.394 e. The van der Waals surface area contributed by atoms with Gasteiger partial charge >= 0.3 is 0 Å². The average Bonchev–Trinajstić information content (AvgIpc) is 3.61. The Morgan fingerprint density at radius 3 is 1.90 bits per heavy atom. The third kappa shape index (κ3) is 16.3. The Balaban J connectivity index is 1.45. The number of hydrogen-bond acceptors (Lipinski definition) is 10. The van der Waals surface area contributed by atoms with Gasteiger partial charge in [-0.1, -0.05) is 145 Å².